The molecular formula is C67H89F2N3O12. The van der Waals surface area contributed by atoms with Crippen LogP contribution < -0.4 is 23.8 Å². The van der Waals surface area contributed by atoms with Crippen molar-refractivity contribution in [3.05, 3.63) is 150 Å². The van der Waals surface area contributed by atoms with Crippen molar-refractivity contribution in [3.8, 4) is 23.0 Å². The number of hydrogen-bond acceptors (Lipinski definition) is 10. The Morgan fingerprint density at radius 1 is 0.536 bits per heavy atom. The first-order valence-electron chi connectivity index (χ1n) is 30.1. The molecule has 0 bridgehead atoms. The lowest BCUT2D eigenvalue weighted by molar-refractivity contribution is -0.0499. The van der Waals surface area contributed by atoms with Crippen molar-refractivity contribution >= 4 is 29.8 Å². The third-order valence-corrected chi connectivity index (χ3v) is 15.2. The Kier molecular flexibility index (Phi) is 31.3. The molecule has 3 heterocycles. The molecule has 3 fully saturated rings. The number of carbonyl (C=O) groups excluding carboxylic acids is 1. The number of anilines is 1. The van der Waals surface area contributed by atoms with Crippen LogP contribution in [0.25, 0.3) is 0 Å². The van der Waals surface area contributed by atoms with Gasteiger partial charge in [-0.2, -0.15) is 8.78 Å². The smallest absolute Gasteiger partial charge is 0.410 e. The number of piperidine rings is 3. The maximum Gasteiger partial charge on any atom is 0.410 e. The Balaban J connectivity index is 0.000000240. The molecule has 0 unspecified atom stereocenters. The zero-order chi connectivity index (χ0) is 60.2. The van der Waals surface area contributed by atoms with Crippen molar-refractivity contribution < 1.29 is 67.0 Å². The molecule has 17 heteroatoms. The predicted octanol–water partition coefficient (Wildman–Crippen LogP) is 15.9. The van der Waals surface area contributed by atoms with Crippen LogP contribution in [-0.4, -0.2) is 115 Å². The van der Waals surface area contributed by atoms with E-state index in [9.17, 15) is 33.1 Å². The molecule has 3 aliphatic heterocycles. The maximum absolute atomic E-state index is 12.3. The number of carboxylic acids is 2. The van der Waals surface area contributed by atoms with Crippen molar-refractivity contribution in [2.24, 2.45) is 17.8 Å². The Morgan fingerprint density at radius 2 is 1.07 bits per heavy atom. The van der Waals surface area contributed by atoms with Gasteiger partial charge in [-0.1, -0.05) is 138 Å². The number of rotatable bonds is 26. The third-order valence-electron chi connectivity index (χ3n) is 15.2. The monoisotopic (exact) mass is 1170 g/mol. The summed E-state index contributed by atoms with van der Waals surface area (Å²) < 4.78 is 52.6. The number of hydrogen-bond donors (Lipinski definition) is 3. The Morgan fingerprint density at radius 3 is 1.63 bits per heavy atom. The number of carboxylic acid groups (broad SMARTS) is 3. The molecule has 0 spiro atoms. The second-order valence-electron chi connectivity index (χ2n) is 21.5. The number of benzene rings is 5. The lowest BCUT2D eigenvalue weighted by Gasteiger charge is -2.33. The highest BCUT2D eigenvalue weighted by Gasteiger charge is 2.26. The first-order chi connectivity index (χ1) is 40.8. The van der Waals surface area contributed by atoms with Crippen LogP contribution in [0.5, 0.6) is 23.0 Å². The van der Waals surface area contributed by atoms with E-state index in [1.165, 1.54) is 82.0 Å². The topological polar surface area (TPSA) is 185 Å². The molecule has 8 rings (SSSR count). The average Bonchev–Trinajstić information content (AvgIpc) is 3.71. The molecule has 5 aromatic rings. The molecule has 0 radical (unpaired) electrons. The lowest BCUT2D eigenvalue weighted by atomic mass is 9.94. The molecule has 2 atom stereocenters. The van der Waals surface area contributed by atoms with Gasteiger partial charge in [0.1, 0.15) is 18.1 Å². The van der Waals surface area contributed by atoms with Gasteiger partial charge in [-0.25, -0.2) is 19.2 Å². The number of aromatic carboxylic acids is 2. The maximum atomic E-state index is 12.3. The largest absolute Gasteiger partial charge is 0.493 e. The van der Waals surface area contributed by atoms with Gasteiger partial charge in [0, 0.05) is 57.1 Å². The number of nitrogens with zero attached hydrogens (tertiary/aromatic N) is 3. The first kappa shape index (κ1) is 67.2. The van der Waals surface area contributed by atoms with E-state index >= 15 is 0 Å². The van der Waals surface area contributed by atoms with E-state index in [-0.39, 0.29) is 18.4 Å². The number of carbonyl (C=O) groups is 4. The second kappa shape index (κ2) is 39.1. The Bertz CT molecular complexity index is 2580. The third kappa shape index (κ3) is 26.3. The highest BCUT2D eigenvalue weighted by molar-refractivity contribution is 5.87. The van der Waals surface area contributed by atoms with Gasteiger partial charge in [0.15, 0.2) is 11.5 Å². The van der Waals surface area contributed by atoms with Crippen LogP contribution in [0, 0.1) is 17.8 Å². The minimum absolute atomic E-state index is 0.0718. The van der Waals surface area contributed by atoms with E-state index in [4.69, 9.17) is 29.2 Å². The zero-order valence-electron chi connectivity index (χ0n) is 49.2. The zero-order valence-corrected chi connectivity index (χ0v) is 49.2. The summed E-state index contributed by atoms with van der Waals surface area (Å²) in [6, 6.07) is 38.8. The van der Waals surface area contributed by atoms with Gasteiger partial charge in [0.05, 0.1) is 30.9 Å². The lowest BCUT2D eigenvalue weighted by Crippen LogP contribution is -2.40. The fourth-order valence-electron chi connectivity index (χ4n) is 10.3. The van der Waals surface area contributed by atoms with Crippen molar-refractivity contribution in [3.63, 3.8) is 0 Å². The van der Waals surface area contributed by atoms with Gasteiger partial charge in [-0.05, 0) is 130 Å². The Hall–Kier alpha value is -7.56. The van der Waals surface area contributed by atoms with Crippen LogP contribution in [0.2, 0.25) is 0 Å². The summed E-state index contributed by atoms with van der Waals surface area (Å²) in [6.07, 6.45) is 18.6. The molecule has 2 amide bonds. The summed E-state index contributed by atoms with van der Waals surface area (Å²) in [5.41, 5.74) is 2.85. The number of likely N-dealkylation sites (tertiary alicyclic amines) is 2. The highest BCUT2D eigenvalue weighted by atomic mass is 19.3. The van der Waals surface area contributed by atoms with E-state index in [0.29, 0.717) is 68.1 Å². The predicted molar refractivity (Wildman–Crippen MR) is 323 cm³/mol. The van der Waals surface area contributed by atoms with E-state index in [1.807, 2.05) is 30.3 Å². The fourth-order valence-corrected chi connectivity index (χ4v) is 10.3. The standard InChI is InChI=1S/C31H52N2O4.C22H25F2NO4.2C7H6O2/c1-3-5-6-7-8-9-10-11-22-36-30-24-28(32-20-16-26(4-2)17-21-32)14-15-29(30)37-23-18-27-13-12-19-33(25-27)31(34)35;23-21(24)29-20-10-4-9-19(14-20)27-13-11-17-8-5-12-25(15-17)22(26)28-16-18-6-2-1-3-7-18;2*8-7(9)6-4-2-1-3-5-6/h14-15,24,26-27H,3-13,16-23,25H2,1-2H3,(H,34,35);1-4,6-7,9-10,14,17,21H,5,8,11-13,15-16H2;2*1-5H,(H,8,9)/t27-;17-;;/m11../s1. The van der Waals surface area contributed by atoms with Crippen LogP contribution in [0.15, 0.2) is 133 Å². The van der Waals surface area contributed by atoms with Gasteiger partial charge in [0.2, 0.25) is 0 Å². The van der Waals surface area contributed by atoms with Crippen molar-refractivity contribution in [2.45, 2.75) is 136 Å². The minimum atomic E-state index is -2.86. The quantitative estimate of drug-likeness (QED) is 0.0445. The van der Waals surface area contributed by atoms with Crippen LogP contribution in [-0.2, 0) is 11.3 Å². The summed E-state index contributed by atoms with van der Waals surface area (Å²) in [7, 11) is 0. The van der Waals surface area contributed by atoms with E-state index in [2.05, 4.69) is 41.7 Å². The van der Waals surface area contributed by atoms with Crippen molar-refractivity contribution in [2.75, 3.05) is 64.0 Å². The number of halogens is 2. The molecule has 3 saturated heterocycles. The number of ether oxygens (including phenoxy) is 5. The summed E-state index contributed by atoms with van der Waals surface area (Å²) in [5, 5.41) is 26.1. The molecule has 0 aliphatic carbocycles. The Labute approximate surface area is 495 Å². The summed E-state index contributed by atoms with van der Waals surface area (Å²) >= 11 is 0. The van der Waals surface area contributed by atoms with Crippen LogP contribution in [0.3, 0.4) is 0 Å². The molecular weight excluding hydrogens is 1080 g/mol. The van der Waals surface area contributed by atoms with E-state index in [0.717, 1.165) is 87.6 Å². The molecule has 0 saturated carbocycles. The summed E-state index contributed by atoms with van der Waals surface area (Å²) in [6.45, 7) is 8.54. The van der Waals surface area contributed by atoms with Crippen LogP contribution in [0.4, 0.5) is 24.1 Å². The van der Waals surface area contributed by atoms with Gasteiger partial charge < -0.3 is 53.7 Å². The SMILES string of the molecule is CCCCCCCCCCOc1cc(N2CCC(CC)CC2)ccc1OCC[C@H]1CCCN(C(=O)O)C1.O=C(O)c1ccccc1.O=C(O)c1ccccc1.O=C(OCc1ccccc1)N1CCC[C@H](CCOc2cccc(OC(F)F)c2)C1. The van der Waals surface area contributed by atoms with E-state index in [1.54, 1.807) is 82.6 Å². The van der Waals surface area contributed by atoms with Crippen molar-refractivity contribution in [1.82, 2.24) is 9.80 Å². The molecule has 3 aliphatic rings. The van der Waals surface area contributed by atoms with Gasteiger partial charge in [0.25, 0.3) is 0 Å². The normalized spacial score (nSPS) is 15.8. The highest BCUT2D eigenvalue weighted by Crippen LogP contribution is 2.35. The van der Waals surface area contributed by atoms with Gasteiger partial charge >= 0.3 is 30.7 Å². The number of amides is 2. The van der Waals surface area contributed by atoms with E-state index < -0.39 is 24.6 Å². The number of alkyl halides is 2. The molecule has 5 aromatic carbocycles. The molecule has 3 N–H and O–H groups in total. The molecule has 84 heavy (non-hydrogen) atoms. The first-order valence-corrected chi connectivity index (χ1v) is 30.1. The fraction of sp³-hybridized carbons (Fsp3) is 0.493. The van der Waals surface area contributed by atoms with Gasteiger partial charge in [-0.15, -0.1) is 0 Å². The number of unbranched alkanes of at least 4 members (excludes halogenated alkanes) is 7. The van der Waals surface area contributed by atoms with Gasteiger partial charge in [-0.3, -0.25) is 0 Å². The average molecular weight is 1170 g/mol. The summed E-state index contributed by atoms with van der Waals surface area (Å²) in [5.74, 6) is 2.01. The van der Waals surface area contributed by atoms with Crippen molar-refractivity contribution in [1.29, 1.82) is 0 Å². The molecule has 15 nitrogen and oxygen atoms in total. The van der Waals surface area contributed by atoms with Crippen LogP contribution in [0.1, 0.15) is 149 Å². The summed E-state index contributed by atoms with van der Waals surface area (Å²) in [4.78, 5) is 49.9. The molecule has 458 valence electrons. The second-order valence-corrected chi connectivity index (χ2v) is 21.5. The molecule has 0 aromatic heterocycles. The minimum Gasteiger partial charge on any atom is -0.493 e. The van der Waals surface area contributed by atoms with Crippen LogP contribution >= 0.6 is 0 Å².